The van der Waals surface area contributed by atoms with Crippen LogP contribution in [-0.4, -0.2) is 0 Å². The monoisotopic (exact) mass is 414 g/mol. The van der Waals surface area contributed by atoms with E-state index in [-0.39, 0.29) is 0 Å². The van der Waals surface area contributed by atoms with Crippen LogP contribution < -0.4 is 0 Å². The Morgan fingerprint density at radius 3 is 1.53 bits per heavy atom. The van der Waals surface area contributed by atoms with Crippen LogP contribution in [0.1, 0.15) is 22.3 Å². The summed E-state index contributed by atoms with van der Waals surface area (Å²) in [6.07, 6.45) is 0. The number of nitriles is 4. The lowest BCUT2D eigenvalue weighted by Gasteiger charge is -2.14. The molecule has 1 aromatic rings. The van der Waals surface area contributed by atoms with Gasteiger partial charge in [-0.2, -0.15) is 10.5 Å². The standard InChI is InChI=1S/C22F2N8/c1-29-11(7-27)13-9(5-25)10(6-26)14-16(13)20(24)17-15(12(8-28)30-2)21(31-3)22(32-4)18(17)19(14)23/b13-11-,15-12-. The number of nitrogens with zero attached hydrogens (tertiary/aromatic N) is 8. The largest absolute Gasteiger partial charge is 0.271 e. The first-order valence-corrected chi connectivity index (χ1v) is 8.06. The summed E-state index contributed by atoms with van der Waals surface area (Å²) >= 11 is 0. The second-order valence-corrected chi connectivity index (χ2v) is 5.92. The Hall–Kier alpha value is -6.04. The van der Waals surface area contributed by atoms with Crippen molar-refractivity contribution < 1.29 is 8.78 Å². The number of hydrogen-bond donors (Lipinski definition) is 0. The van der Waals surface area contributed by atoms with Gasteiger partial charge in [0.25, 0.3) is 11.4 Å². The van der Waals surface area contributed by atoms with Gasteiger partial charge in [-0.15, -0.1) is 0 Å². The average molecular weight is 414 g/mol. The SMILES string of the molecule is [C-]#[N+]C1=C([N+]#[C-])c2c(F)c3c(c(F)c2/C1=C(\C#N)[N+]#[C-])/C(=C(/C#N)[N+]#[C-])C(C#N)=C3C#N. The third kappa shape index (κ3) is 2.31. The van der Waals surface area contributed by atoms with Crippen molar-refractivity contribution in [3.63, 3.8) is 0 Å². The second-order valence-electron chi connectivity index (χ2n) is 5.92. The molecule has 0 saturated carbocycles. The average Bonchev–Trinajstić information content (AvgIpc) is 3.32. The van der Waals surface area contributed by atoms with Crippen LogP contribution in [0.4, 0.5) is 8.78 Å². The quantitative estimate of drug-likeness (QED) is 0.456. The molecular weight excluding hydrogens is 414 g/mol. The van der Waals surface area contributed by atoms with Crippen LogP contribution in [-0.2, 0) is 0 Å². The molecule has 32 heavy (non-hydrogen) atoms. The van der Waals surface area contributed by atoms with E-state index in [0.717, 1.165) is 0 Å². The molecule has 1 aromatic carbocycles. The molecule has 0 amide bonds. The van der Waals surface area contributed by atoms with Crippen LogP contribution in [0.2, 0.25) is 0 Å². The molecule has 2 aliphatic rings. The number of fused-ring (bicyclic) bond motifs is 2. The Labute approximate surface area is 179 Å². The summed E-state index contributed by atoms with van der Waals surface area (Å²) in [5.41, 5.74) is -8.31. The van der Waals surface area contributed by atoms with Gasteiger partial charge in [0.15, 0.2) is 5.70 Å². The fraction of sp³-hybridized carbons (Fsp3) is 0. The molecule has 2 aliphatic carbocycles. The Morgan fingerprint density at radius 2 is 1.09 bits per heavy atom. The third-order valence-electron chi connectivity index (χ3n) is 4.68. The van der Waals surface area contributed by atoms with Crippen molar-refractivity contribution in [2.45, 2.75) is 0 Å². The predicted molar refractivity (Wildman–Crippen MR) is 103 cm³/mol. The molecule has 0 bridgehead atoms. The molecule has 0 N–H and O–H groups in total. The minimum atomic E-state index is -1.37. The van der Waals surface area contributed by atoms with Crippen molar-refractivity contribution in [3.05, 3.63) is 102 Å². The van der Waals surface area contributed by atoms with Crippen LogP contribution >= 0.6 is 0 Å². The number of hydrogen-bond acceptors (Lipinski definition) is 4. The van der Waals surface area contributed by atoms with Crippen LogP contribution in [0, 0.1) is 83.2 Å². The zero-order valence-electron chi connectivity index (χ0n) is 15.3. The van der Waals surface area contributed by atoms with Gasteiger partial charge in [-0.1, -0.05) is 0 Å². The van der Waals surface area contributed by atoms with E-state index in [2.05, 4.69) is 19.4 Å². The van der Waals surface area contributed by atoms with Gasteiger partial charge >= 0.3 is 0 Å². The van der Waals surface area contributed by atoms with Gasteiger partial charge < -0.3 is 0 Å². The van der Waals surface area contributed by atoms with E-state index in [1.54, 1.807) is 12.1 Å². The van der Waals surface area contributed by atoms with Crippen molar-refractivity contribution in [1.82, 2.24) is 0 Å². The smallest absolute Gasteiger partial charge is 0.251 e. The van der Waals surface area contributed by atoms with Gasteiger partial charge in [0.05, 0.1) is 55.6 Å². The highest BCUT2D eigenvalue weighted by atomic mass is 19.1. The molecule has 8 nitrogen and oxygen atoms in total. The molecule has 3 rings (SSSR count). The molecule has 0 spiro atoms. The van der Waals surface area contributed by atoms with Crippen molar-refractivity contribution in [3.8, 4) is 24.3 Å². The minimum Gasteiger partial charge on any atom is -0.251 e. The summed E-state index contributed by atoms with van der Waals surface area (Å²) in [4.78, 5) is 12.0. The molecule has 0 unspecified atom stereocenters. The lowest BCUT2D eigenvalue weighted by molar-refractivity contribution is 0.590. The molecular formula is C22F2N8. The van der Waals surface area contributed by atoms with E-state index in [4.69, 9.17) is 26.3 Å². The van der Waals surface area contributed by atoms with Crippen LogP contribution in [0.25, 0.3) is 41.8 Å². The highest BCUT2D eigenvalue weighted by molar-refractivity contribution is 6.13. The number of rotatable bonds is 0. The Morgan fingerprint density at radius 1 is 0.625 bits per heavy atom. The maximum atomic E-state index is 15.9. The fourth-order valence-electron chi connectivity index (χ4n) is 3.53. The summed E-state index contributed by atoms with van der Waals surface area (Å²) in [5, 5.41) is 37.6. The van der Waals surface area contributed by atoms with E-state index >= 15 is 8.78 Å². The van der Waals surface area contributed by atoms with E-state index in [0.29, 0.717) is 0 Å². The Balaban J connectivity index is 2.76. The normalized spacial score (nSPS) is 16.1. The first kappa shape index (κ1) is 20.7. The molecule has 0 atom stereocenters. The molecule has 142 valence electrons. The van der Waals surface area contributed by atoms with E-state index in [9.17, 15) is 21.0 Å². The lowest BCUT2D eigenvalue weighted by Crippen LogP contribution is -2.04. The topological polar surface area (TPSA) is 113 Å². The lowest BCUT2D eigenvalue weighted by atomic mass is 9.92. The van der Waals surface area contributed by atoms with Gasteiger partial charge in [-0.05, 0) is 11.1 Å². The zero-order chi connectivity index (χ0) is 23.7. The highest BCUT2D eigenvalue weighted by Gasteiger charge is 2.43. The Kier molecular flexibility index (Phi) is 4.79. The maximum absolute atomic E-state index is 15.9. The third-order valence-corrected chi connectivity index (χ3v) is 4.68. The maximum Gasteiger partial charge on any atom is 0.271 e. The molecule has 0 heterocycles. The molecule has 0 aliphatic heterocycles. The molecule has 0 saturated heterocycles. The molecule has 0 aromatic heterocycles. The second kappa shape index (κ2) is 7.41. The van der Waals surface area contributed by atoms with Gasteiger partial charge in [0, 0.05) is 22.3 Å². The van der Waals surface area contributed by atoms with Crippen molar-refractivity contribution in [2.24, 2.45) is 0 Å². The number of allylic oxidation sites excluding steroid dienone is 6. The summed E-state index contributed by atoms with van der Waals surface area (Å²) in [6, 6.07) is 6.10. The minimum absolute atomic E-state index is 0.605. The first-order chi connectivity index (χ1) is 15.4. The fourth-order valence-corrected chi connectivity index (χ4v) is 3.53. The van der Waals surface area contributed by atoms with Crippen LogP contribution in [0.5, 0.6) is 0 Å². The van der Waals surface area contributed by atoms with Crippen molar-refractivity contribution in [1.29, 1.82) is 21.0 Å². The predicted octanol–water partition coefficient (Wildman–Crippen LogP) is 4.61. The number of halogens is 2. The molecule has 0 radical (unpaired) electrons. The van der Waals surface area contributed by atoms with Gasteiger partial charge in [-0.25, -0.2) is 33.8 Å². The summed E-state index contributed by atoms with van der Waals surface area (Å²) < 4.78 is 31.7. The highest BCUT2D eigenvalue weighted by Crippen LogP contribution is 2.54. The first-order valence-electron chi connectivity index (χ1n) is 8.06. The van der Waals surface area contributed by atoms with E-state index in [1.807, 2.05) is 0 Å². The summed E-state index contributed by atoms with van der Waals surface area (Å²) in [7, 11) is 0. The van der Waals surface area contributed by atoms with Crippen LogP contribution in [0.15, 0.2) is 22.7 Å². The summed E-state index contributed by atoms with van der Waals surface area (Å²) in [6.45, 7) is 29.0. The molecule has 0 fully saturated rings. The van der Waals surface area contributed by atoms with E-state index < -0.39 is 79.0 Å². The van der Waals surface area contributed by atoms with Crippen molar-refractivity contribution in [2.75, 3.05) is 0 Å². The summed E-state index contributed by atoms with van der Waals surface area (Å²) in [5.74, 6) is -2.71. The van der Waals surface area contributed by atoms with Crippen molar-refractivity contribution >= 4 is 22.4 Å². The number of benzene rings is 1. The van der Waals surface area contributed by atoms with Gasteiger partial charge in [-0.3, -0.25) is 4.85 Å². The molecule has 10 heteroatoms. The zero-order valence-corrected chi connectivity index (χ0v) is 15.3. The van der Waals surface area contributed by atoms with Crippen LogP contribution in [0.3, 0.4) is 0 Å². The van der Waals surface area contributed by atoms with Gasteiger partial charge in [0.1, 0.15) is 17.7 Å². The Bertz CT molecular complexity index is 1510. The van der Waals surface area contributed by atoms with Gasteiger partial charge in [0.2, 0.25) is 5.70 Å². The van der Waals surface area contributed by atoms with E-state index in [1.165, 1.54) is 12.1 Å².